The van der Waals surface area contributed by atoms with E-state index in [2.05, 4.69) is 4.99 Å². The van der Waals surface area contributed by atoms with Gasteiger partial charge in [0, 0.05) is 11.6 Å². The summed E-state index contributed by atoms with van der Waals surface area (Å²) in [6.07, 6.45) is 4.77. The normalized spacial score (nSPS) is 16.1. The highest BCUT2D eigenvalue weighted by molar-refractivity contribution is 6.11. The van der Waals surface area contributed by atoms with E-state index in [1.54, 1.807) is 30.4 Å². The Bertz CT molecular complexity index is 792. The molecule has 1 aliphatic heterocycles. The number of carbonyl (C=O) groups is 1. The van der Waals surface area contributed by atoms with Crippen LogP contribution in [-0.4, -0.2) is 11.9 Å². The van der Waals surface area contributed by atoms with Gasteiger partial charge in [-0.05, 0) is 23.8 Å². The second-order valence-corrected chi connectivity index (χ2v) is 4.63. The van der Waals surface area contributed by atoms with E-state index in [4.69, 9.17) is 4.74 Å². The lowest BCUT2D eigenvalue weighted by Gasteiger charge is -1.95. The molecule has 0 spiro atoms. The molecule has 0 aliphatic carbocycles. The highest BCUT2D eigenvalue weighted by Gasteiger charge is 2.21. The number of rotatable bonds is 3. The topological polar surface area (TPSA) is 38.7 Å². The highest BCUT2D eigenvalue weighted by Crippen LogP contribution is 2.18. The van der Waals surface area contributed by atoms with Gasteiger partial charge in [-0.1, -0.05) is 48.5 Å². The molecule has 0 amide bonds. The molecule has 2 aromatic carbocycles. The van der Waals surface area contributed by atoms with Crippen LogP contribution in [0.1, 0.15) is 11.1 Å². The van der Waals surface area contributed by atoms with Crippen LogP contribution in [0.4, 0.5) is 4.39 Å². The van der Waals surface area contributed by atoms with Crippen molar-refractivity contribution in [1.29, 1.82) is 0 Å². The van der Waals surface area contributed by atoms with Crippen LogP contribution >= 0.6 is 0 Å². The third kappa shape index (κ3) is 3.17. The molecule has 3 rings (SSSR count). The molecule has 0 fully saturated rings. The molecule has 0 saturated heterocycles. The van der Waals surface area contributed by atoms with Gasteiger partial charge in [0.05, 0.1) is 0 Å². The fourth-order valence-corrected chi connectivity index (χ4v) is 1.97. The second-order valence-electron chi connectivity index (χ2n) is 4.63. The van der Waals surface area contributed by atoms with Crippen molar-refractivity contribution in [2.24, 2.45) is 4.99 Å². The Labute approximate surface area is 127 Å². The number of esters is 1. The Morgan fingerprint density at radius 3 is 2.45 bits per heavy atom. The highest BCUT2D eigenvalue weighted by atomic mass is 19.1. The van der Waals surface area contributed by atoms with Crippen LogP contribution in [0.15, 0.2) is 71.4 Å². The summed E-state index contributed by atoms with van der Waals surface area (Å²) >= 11 is 0. The zero-order chi connectivity index (χ0) is 15.4. The molecule has 0 aromatic heterocycles. The minimum absolute atomic E-state index is 0.0813. The van der Waals surface area contributed by atoms with Gasteiger partial charge in [0.1, 0.15) is 5.82 Å². The molecule has 108 valence electrons. The maximum Gasteiger partial charge on any atom is 0.363 e. The number of ether oxygens (including phenoxy) is 1. The lowest BCUT2D eigenvalue weighted by molar-refractivity contribution is -0.129. The molecule has 0 unspecified atom stereocenters. The summed E-state index contributed by atoms with van der Waals surface area (Å²) in [7, 11) is 0. The SMILES string of the molecule is O=C1OC(/C=C/c2ccccc2)=NC/1=C/c1ccccc1F. The molecule has 0 atom stereocenters. The number of benzene rings is 2. The maximum atomic E-state index is 13.6. The van der Waals surface area contributed by atoms with Gasteiger partial charge < -0.3 is 4.74 Å². The Hall–Kier alpha value is -3.01. The van der Waals surface area contributed by atoms with E-state index in [0.717, 1.165) is 5.56 Å². The number of halogens is 1. The van der Waals surface area contributed by atoms with Gasteiger partial charge in [-0.15, -0.1) is 0 Å². The molecule has 3 nitrogen and oxygen atoms in total. The van der Waals surface area contributed by atoms with E-state index in [1.165, 1.54) is 12.1 Å². The summed E-state index contributed by atoms with van der Waals surface area (Å²) < 4.78 is 18.6. The maximum absolute atomic E-state index is 13.6. The first-order valence-corrected chi connectivity index (χ1v) is 6.72. The van der Waals surface area contributed by atoms with Crippen molar-refractivity contribution in [3.05, 3.63) is 83.3 Å². The Kier molecular flexibility index (Phi) is 3.92. The van der Waals surface area contributed by atoms with Gasteiger partial charge in [0.2, 0.25) is 5.90 Å². The third-order valence-electron chi connectivity index (χ3n) is 3.05. The van der Waals surface area contributed by atoms with Crippen molar-refractivity contribution in [2.75, 3.05) is 0 Å². The first-order valence-electron chi connectivity index (χ1n) is 6.72. The van der Waals surface area contributed by atoms with Crippen LogP contribution in [0.5, 0.6) is 0 Å². The number of aliphatic imine (C=N–C) groups is 1. The molecule has 1 heterocycles. The first-order chi connectivity index (χ1) is 10.7. The largest absolute Gasteiger partial charge is 0.403 e. The summed E-state index contributed by atoms with van der Waals surface area (Å²) in [5.74, 6) is -0.807. The number of nitrogens with zero attached hydrogens (tertiary/aromatic N) is 1. The van der Waals surface area contributed by atoms with Gasteiger partial charge >= 0.3 is 5.97 Å². The first kappa shape index (κ1) is 13.9. The number of cyclic esters (lactones) is 1. The van der Waals surface area contributed by atoms with Gasteiger partial charge in [0.15, 0.2) is 5.70 Å². The Morgan fingerprint density at radius 2 is 1.68 bits per heavy atom. The smallest absolute Gasteiger partial charge is 0.363 e. The summed E-state index contributed by atoms with van der Waals surface area (Å²) in [5, 5.41) is 0. The molecule has 1 aliphatic rings. The van der Waals surface area contributed by atoms with Crippen LogP contribution in [-0.2, 0) is 9.53 Å². The molecule has 0 N–H and O–H groups in total. The van der Waals surface area contributed by atoms with E-state index in [-0.39, 0.29) is 11.6 Å². The summed E-state index contributed by atoms with van der Waals surface area (Å²) in [4.78, 5) is 15.8. The predicted octanol–water partition coefficient (Wildman–Crippen LogP) is 3.84. The second kappa shape index (κ2) is 6.18. The number of carbonyl (C=O) groups excluding carboxylic acids is 1. The molecule has 0 saturated carbocycles. The van der Waals surface area contributed by atoms with Gasteiger partial charge in [-0.25, -0.2) is 14.2 Å². The van der Waals surface area contributed by atoms with Gasteiger partial charge in [-0.2, -0.15) is 0 Å². The van der Waals surface area contributed by atoms with Crippen molar-refractivity contribution < 1.29 is 13.9 Å². The summed E-state index contributed by atoms with van der Waals surface area (Å²) in [6, 6.07) is 15.7. The van der Waals surface area contributed by atoms with Crippen molar-refractivity contribution in [1.82, 2.24) is 0 Å². The molecular formula is C18H12FNO2. The van der Waals surface area contributed by atoms with E-state index in [9.17, 15) is 9.18 Å². The van der Waals surface area contributed by atoms with Gasteiger partial charge in [0.25, 0.3) is 0 Å². The number of hydrogen-bond donors (Lipinski definition) is 0. The lowest BCUT2D eigenvalue weighted by Crippen LogP contribution is -2.01. The molecule has 0 bridgehead atoms. The van der Waals surface area contributed by atoms with Crippen LogP contribution < -0.4 is 0 Å². The molecule has 0 radical (unpaired) electrons. The zero-order valence-electron chi connectivity index (χ0n) is 11.6. The zero-order valence-corrected chi connectivity index (χ0v) is 11.6. The predicted molar refractivity (Wildman–Crippen MR) is 83.4 cm³/mol. The van der Waals surface area contributed by atoms with E-state index < -0.39 is 11.8 Å². The Balaban J connectivity index is 1.83. The minimum Gasteiger partial charge on any atom is -0.403 e. The standard InChI is InChI=1S/C18H12FNO2/c19-15-9-5-4-8-14(15)12-16-18(21)22-17(20-16)11-10-13-6-2-1-3-7-13/h1-12H/b11-10+,16-12+. The van der Waals surface area contributed by atoms with Crippen LogP contribution in [0.3, 0.4) is 0 Å². The molecule has 2 aromatic rings. The van der Waals surface area contributed by atoms with Crippen molar-refractivity contribution >= 4 is 24.0 Å². The van der Waals surface area contributed by atoms with E-state index >= 15 is 0 Å². The van der Waals surface area contributed by atoms with Gasteiger partial charge in [-0.3, -0.25) is 0 Å². The molecule has 22 heavy (non-hydrogen) atoms. The average molecular weight is 293 g/mol. The molecule has 4 heteroatoms. The molecular weight excluding hydrogens is 281 g/mol. The fourth-order valence-electron chi connectivity index (χ4n) is 1.97. The van der Waals surface area contributed by atoms with Crippen LogP contribution in [0.25, 0.3) is 12.2 Å². The summed E-state index contributed by atoms with van der Waals surface area (Å²) in [5.41, 5.74) is 1.34. The van der Waals surface area contributed by atoms with Crippen molar-refractivity contribution in [3.8, 4) is 0 Å². The fraction of sp³-hybridized carbons (Fsp3) is 0. The van der Waals surface area contributed by atoms with Crippen molar-refractivity contribution in [3.63, 3.8) is 0 Å². The lowest BCUT2D eigenvalue weighted by atomic mass is 10.2. The Morgan fingerprint density at radius 1 is 0.955 bits per heavy atom. The van der Waals surface area contributed by atoms with Crippen molar-refractivity contribution in [2.45, 2.75) is 0 Å². The quantitative estimate of drug-likeness (QED) is 0.637. The van der Waals surface area contributed by atoms with Crippen LogP contribution in [0.2, 0.25) is 0 Å². The average Bonchev–Trinajstić information content (AvgIpc) is 2.89. The third-order valence-corrected chi connectivity index (χ3v) is 3.05. The summed E-state index contributed by atoms with van der Waals surface area (Å²) in [6.45, 7) is 0. The number of hydrogen-bond acceptors (Lipinski definition) is 3. The van der Waals surface area contributed by atoms with Crippen LogP contribution in [0, 0.1) is 5.82 Å². The van der Waals surface area contributed by atoms with E-state index in [1.807, 2.05) is 30.3 Å². The minimum atomic E-state index is -0.587. The monoisotopic (exact) mass is 293 g/mol. The van der Waals surface area contributed by atoms with E-state index in [0.29, 0.717) is 5.56 Å².